The summed E-state index contributed by atoms with van der Waals surface area (Å²) < 4.78 is 37.0. The molecule has 0 aromatic heterocycles. The third kappa shape index (κ3) is 3.60. The van der Waals surface area contributed by atoms with Crippen LogP contribution < -0.4 is 14.8 Å². The Morgan fingerprint density at radius 3 is 2.50 bits per heavy atom. The average molecular weight is 332 g/mol. The maximum Gasteiger partial charge on any atom is 0.256 e. The highest BCUT2D eigenvalue weighted by molar-refractivity contribution is 5.97. The summed E-state index contributed by atoms with van der Waals surface area (Å²) in [5.74, 6) is -1.65. The Bertz CT molecular complexity index is 803. The van der Waals surface area contributed by atoms with E-state index >= 15 is 0 Å². The van der Waals surface area contributed by atoms with E-state index in [-0.39, 0.29) is 16.9 Å². The Labute approximate surface area is 137 Å². The highest BCUT2D eigenvalue weighted by atomic mass is 19.1. The van der Waals surface area contributed by atoms with Gasteiger partial charge < -0.3 is 14.8 Å². The van der Waals surface area contributed by atoms with Crippen LogP contribution in [0.5, 0.6) is 11.5 Å². The number of hydrogen-bond acceptors (Lipinski definition) is 4. The summed E-state index contributed by atoms with van der Waals surface area (Å²) in [5.41, 5.74) is -0.00580. The molecule has 0 aliphatic heterocycles. The number of amides is 1. The van der Waals surface area contributed by atoms with Crippen molar-refractivity contribution in [3.63, 3.8) is 0 Å². The number of hydrogen-bond donors (Lipinski definition) is 1. The zero-order chi connectivity index (χ0) is 17.7. The van der Waals surface area contributed by atoms with Crippen molar-refractivity contribution in [1.29, 1.82) is 5.26 Å². The first kappa shape index (κ1) is 17.2. The zero-order valence-electron chi connectivity index (χ0n) is 13.0. The maximum absolute atomic E-state index is 13.8. The van der Waals surface area contributed by atoms with Crippen LogP contribution in [0, 0.1) is 23.0 Å². The lowest BCUT2D eigenvalue weighted by atomic mass is 10.1. The van der Waals surface area contributed by atoms with E-state index in [4.69, 9.17) is 9.47 Å². The molecule has 7 heteroatoms. The lowest BCUT2D eigenvalue weighted by Gasteiger charge is -2.15. The standard InChI is InChI=1S/C17H14F2N2O3/c1-23-11-4-6-16(24-2)13(8-11)17(22)21-15(9-20)12-5-3-10(18)7-14(12)19/h3-8,15H,1-2H3,(H,21,22). The molecule has 24 heavy (non-hydrogen) atoms. The number of ether oxygens (including phenoxy) is 2. The fourth-order valence-electron chi connectivity index (χ4n) is 2.12. The van der Waals surface area contributed by atoms with Gasteiger partial charge in [0.2, 0.25) is 0 Å². The minimum Gasteiger partial charge on any atom is -0.497 e. The number of nitrogens with zero attached hydrogens (tertiary/aromatic N) is 1. The molecule has 1 amide bonds. The van der Waals surface area contributed by atoms with Crippen molar-refractivity contribution in [3.05, 3.63) is 59.2 Å². The molecule has 0 aliphatic carbocycles. The Hall–Kier alpha value is -3.14. The van der Waals surface area contributed by atoms with Gasteiger partial charge in [-0.1, -0.05) is 6.07 Å². The second-order valence-electron chi connectivity index (χ2n) is 4.77. The molecule has 0 heterocycles. The van der Waals surface area contributed by atoms with Crippen molar-refractivity contribution in [3.8, 4) is 17.6 Å². The fourth-order valence-corrected chi connectivity index (χ4v) is 2.12. The molecule has 1 unspecified atom stereocenters. The predicted octanol–water partition coefficient (Wildman–Crippen LogP) is 2.98. The summed E-state index contributed by atoms with van der Waals surface area (Å²) in [6, 6.07) is 7.85. The molecule has 124 valence electrons. The molecule has 2 rings (SSSR count). The number of nitriles is 1. The van der Waals surface area contributed by atoms with Gasteiger partial charge in [-0.3, -0.25) is 4.79 Å². The van der Waals surface area contributed by atoms with Crippen LogP contribution in [0.15, 0.2) is 36.4 Å². The van der Waals surface area contributed by atoms with Gasteiger partial charge >= 0.3 is 0 Å². The van der Waals surface area contributed by atoms with Crippen LogP contribution in [-0.4, -0.2) is 20.1 Å². The van der Waals surface area contributed by atoms with E-state index in [0.29, 0.717) is 11.8 Å². The molecule has 0 radical (unpaired) electrons. The Balaban J connectivity index is 2.32. The monoisotopic (exact) mass is 332 g/mol. The molecule has 0 bridgehead atoms. The van der Waals surface area contributed by atoms with Crippen molar-refractivity contribution in [2.24, 2.45) is 0 Å². The van der Waals surface area contributed by atoms with E-state index in [2.05, 4.69) is 5.32 Å². The Morgan fingerprint density at radius 1 is 1.17 bits per heavy atom. The molecule has 1 N–H and O–H groups in total. The number of methoxy groups -OCH3 is 2. The minimum absolute atomic E-state index is 0.125. The lowest BCUT2D eigenvalue weighted by Crippen LogP contribution is -2.28. The molecule has 0 spiro atoms. The van der Waals surface area contributed by atoms with E-state index in [0.717, 1.165) is 12.1 Å². The quantitative estimate of drug-likeness (QED) is 0.914. The molecule has 0 fully saturated rings. The second-order valence-corrected chi connectivity index (χ2v) is 4.77. The summed E-state index contributed by atoms with van der Waals surface area (Å²) in [7, 11) is 2.83. The van der Waals surface area contributed by atoms with Crippen LogP contribution in [0.1, 0.15) is 22.0 Å². The van der Waals surface area contributed by atoms with Crippen LogP contribution in [0.4, 0.5) is 8.78 Å². The van der Waals surface area contributed by atoms with E-state index in [9.17, 15) is 18.8 Å². The lowest BCUT2D eigenvalue weighted by molar-refractivity contribution is 0.0941. The molecule has 0 saturated carbocycles. The highest BCUT2D eigenvalue weighted by Gasteiger charge is 2.21. The molecular weight excluding hydrogens is 318 g/mol. The SMILES string of the molecule is COc1ccc(OC)c(C(=O)NC(C#N)c2ccc(F)cc2F)c1. The van der Waals surface area contributed by atoms with Gasteiger partial charge in [-0.2, -0.15) is 5.26 Å². The maximum atomic E-state index is 13.8. The van der Waals surface area contributed by atoms with Crippen LogP contribution in [0.3, 0.4) is 0 Å². The Morgan fingerprint density at radius 2 is 1.92 bits per heavy atom. The molecule has 1 atom stereocenters. The number of rotatable bonds is 5. The third-order valence-corrected chi connectivity index (χ3v) is 3.33. The van der Waals surface area contributed by atoms with Gasteiger partial charge in [0, 0.05) is 11.6 Å². The van der Waals surface area contributed by atoms with Gasteiger partial charge in [0.1, 0.15) is 29.2 Å². The highest BCUT2D eigenvalue weighted by Crippen LogP contribution is 2.25. The predicted molar refractivity (Wildman–Crippen MR) is 81.7 cm³/mol. The van der Waals surface area contributed by atoms with Gasteiger partial charge in [-0.15, -0.1) is 0 Å². The van der Waals surface area contributed by atoms with E-state index in [1.165, 1.54) is 26.4 Å². The number of halogens is 2. The number of carbonyl (C=O) groups excluding carboxylic acids is 1. The van der Waals surface area contributed by atoms with Gasteiger partial charge in [-0.05, 0) is 24.3 Å². The number of benzene rings is 2. The van der Waals surface area contributed by atoms with E-state index in [1.54, 1.807) is 12.1 Å². The summed E-state index contributed by atoms with van der Waals surface area (Å²) >= 11 is 0. The fraction of sp³-hybridized carbons (Fsp3) is 0.176. The van der Waals surface area contributed by atoms with Gasteiger partial charge in [0.25, 0.3) is 5.91 Å². The first-order valence-electron chi connectivity index (χ1n) is 6.87. The smallest absolute Gasteiger partial charge is 0.256 e. The zero-order valence-corrected chi connectivity index (χ0v) is 13.0. The molecule has 0 aliphatic rings. The molecule has 2 aromatic carbocycles. The number of nitrogens with one attached hydrogen (secondary N) is 1. The normalized spacial score (nSPS) is 11.3. The van der Waals surface area contributed by atoms with Crippen LogP contribution in [0.25, 0.3) is 0 Å². The summed E-state index contributed by atoms with van der Waals surface area (Å²) in [5, 5.41) is 11.6. The van der Waals surface area contributed by atoms with Gasteiger partial charge in [0.15, 0.2) is 0 Å². The van der Waals surface area contributed by atoms with Crippen LogP contribution in [-0.2, 0) is 0 Å². The van der Waals surface area contributed by atoms with Crippen molar-refractivity contribution >= 4 is 5.91 Å². The molecule has 5 nitrogen and oxygen atoms in total. The average Bonchev–Trinajstić information content (AvgIpc) is 2.59. The van der Waals surface area contributed by atoms with E-state index in [1.807, 2.05) is 0 Å². The van der Waals surface area contributed by atoms with Crippen molar-refractivity contribution in [2.45, 2.75) is 6.04 Å². The molecule has 0 saturated heterocycles. The van der Waals surface area contributed by atoms with Gasteiger partial charge in [-0.25, -0.2) is 8.78 Å². The van der Waals surface area contributed by atoms with Crippen molar-refractivity contribution in [1.82, 2.24) is 5.32 Å². The second kappa shape index (κ2) is 7.42. The Kier molecular flexibility index (Phi) is 5.32. The largest absolute Gasteiger partial charge is 0.497 e. The van der Waals surface area contributed by atoms with Crippen molar-refractivity contribution < 1.29 is 23.0 Å². The molecular formula is C17H14F2N2O3. The minimum atomic E-state index is -1.28. The van der Waals surface area contributed by atoms with Crippen LogP contribution >= 0.6 is 0 Å². The first-order valence-corrected chi connectivity index (χ1v) is 6.87. The van der Waals surface area contributed by atoms with E-state index < -0.39 is 23.6 Å². The van der Waals surface area contributed by atoms with Crippen molar-refractivity contribution in [2.75, 3.05) is 14.2 Å². The first-order chi connectivity index (χ1) is 11.5. The summed E-state index contributed by atoms with van der Waals surface area (Å²) in [6.45, 7) is 0. The summed E-state index contributed by atoms with van der Waals surface area (Å²) in [4.78, 5) is 12.4. The van der Waals surface area contributed by atoms with Crippen LogP contribution in [0.2, 0.25) is 0 Å². The topological polar surface area (TPSA) is 71.3 Å². The third-order valence-electron chi connectivity index (χ3n) is 3.33. The summed E-state index contributed by atoms with van der Waals surface area (Å²) in [6.07, 6.45) is 0. The number of carbonyl (C=O) groups is 1. The van der Waals surface area contributed by atoms with Gasteiger partial charge in [0.05, 0.1) is 25.9 Å². The molecule has 2 aromatic rings.